The van der Waals surface area contributed by atoms with E-state index in [0.29, 0.717) is 0 Å². The fraction of sp³-hybridized carbons (Fsp3) is 0.133. The van der Waals surface area contributed by atoms with Crippen LogP contribution in [-0.4, -0.2) is 14.6 Å². The second-order valence-electron chi connectivity index (χ2n) is 5.33. The molecule has 3 aromatic rings. The predicted octanol–water partition coefficient (Wildman–Crippen LogP) is 2.91. The molecular formula is C15H12N3O3S+. The molecule has 0 amide bonds. The minimum atomic E-state index is -0.423. The first kappa shape index (κ1) is 13.1. The van der Waals surface area contributed by atoms with Gasteiger partial charge in [0.2, 0.25) is 0 Å². The van der Waals surface area contributed by atoms with Gasteiger partial charge in [0.1, 0.15) is 4.90 Å². The molecule has 0 fully saturated rings. The van der Waals surface area contributed by atoms with E-state index < -0.39 is 4.92 Å². The zero-order valence-electron chi connectivity index (χ0n) is 11.9. The van der Waals surface area contributed by atoms with Gasteiger partial charge in [0.25, 0.3) is 0 Å². The lowest BCUT2D eigenvalue weighted by molar-refractivity contribution is -0.521. The second-order valence-corrected chi connectivity index (χ2v) is 6.41. The highest BCUT2D eigenvalue weighted by Gasteiger charge is 2.33. The number of hydrogen-bond donors (Lipinski definition) is 1. The van der Waals surface area contributed by atoms with Gasteiger partial charge in [0.05, 0.1) is 9.82 Å². The third kappa shape index (κ3) is 1.59. The number of rotatable bonds is 1. The third-order valence-electron chi connectivity index (χ3n) is 4.03. The maximum Gasteiger partial charge on any atom is 0.328 e. The molecule has 0 saturated carbocycles. The van der Waals surface area contributed by atoms with E-state index in [0.717, 1.165) is 32.3 Å². The van der Waals surface area contributed by atoms with Gasteiger partial charge in [-0.05, 0) is 25.5 Å². The van der Waals surface area contributed by atoms with Gasteiger partial charge in [0.15, 0.2) is 18.1 Å². The Balaban J connectivity index is 2.15. The molecule has 0 aliphatic carbocycles. The molecule has 0 saturated heterocycles. The van der Waals surface area contributed by atoms with Gasteiger partial charge in [-0.25, -0.2) is 0 Å². The van der Waals surface area contributed by atoms with Crippen molar-refractivity contribution in [2.75, 3.05) is 0 Å². The average molecular weight is 314 g/mol. The van der Waals surface area contributed by atoms with E-state index in [1.54, 1.807) is 15.0 Å². The van der Waals surface area contributed by atoms with Crippen molar-refractivity contribution in [2.45, 2.75) is 23.6 Å². The van der Waals surface area contributed by atoms with E-state index in [4.69, 9.17) is 0 Å². The molecule has 4 rings (SSSR count). The Kier molecular flexibility index (Phi) is 2.53. The van der Waals surface area contributed by atoms with Crippen molar-refractivity contribution >= 4 is 23.1 Å². The highest BCUT2D eigenvalue weighted by molar-refractivity contribution is 7.99. The van der Waals surface area contributed by atoms with Crippen LogP contribution < -0.4 is 4.40 Å². The molecule has 2 aromatic heterocycles. The number of nitro groups is 1. The SMILES string of the molecule is Cc1ccc2c(c1C)-n1c(O)c[n+]3cc([N+](=O)[O-])cc(c13)S2. The van der Waals surface area contributed by atoms with E-state index in [2.05, 4.69) is 0 Å². The summed E-state index contributed by atoms with van der Waals surface area (Å²) in [7, 11) is 0. The zero-order valence-corrected chi connectivity index (χ0v) is 12.7. The average Bonchev–Trinajstić information content (AvgIpc) is 2.81. The monoisotopic (exact) mass is 314 g/mol. The number of pyridine rings is 1. The van der Waals surface area contributed by atoms with Gasteiger partial charge >= 0.3 is 17.2 Å². The van der Waals surface area contributed by atoms with Crippen LogP contribution in [0.3, 0.4) is 0 Å². The molecular weight excluding hydrogens is 302 g/mol. The number of fused-ring (bicyclic) bond motifs is 2. The molecule has 3 heterocycles. The highest BCUT2D eigenvalue weighted by Crippen LogP contribution is 2.44. The smallest absolute Gasteiger partial charge is 0.328 e. The molecule has 7 heteroatoms. The second kappa shape index (κ2) is 4.23. The van der Waals surface area contributed by atoms with Crippen molar-refractivity contribution in [1.82, 2.24) is 4.57 Å². The summed E-state index contributed by atoms with van der Waals surface area (Å²) in [6, 6.07) is 5.56. The first-order chi connectivity index (χ1) is 10.5. The molecule has 1 aromatic carbocycles. The Hall–Kier alpha value is -2.54. The van der Waals surface area contributed by atoms with Crippen LogP contribution in [0.15, 0.2) is 40.4 Å². The summed E-state index contributed by atoms with van der Waals surface area (Å²) in [5.41, 5.74) is 3.91. The molecule has 0 spiro atoms. The first-order valence-corrected chi connectivity index (χ1v) is 7.51. The summed E-state index contributed by atoms with van der Waals surface area (Å²) < 4.78 is 3.37. The summed E-state index contributed by atoms with van der Waals surface area (Å²) in [6.45, 7) is 4.04. The van der Waals surface area contributed by atoms with Gasteiger partial charge in [-0.2, -0.15) is 8.97 Å². The molecule has 0 unspecified atom stereocenters. The van der Waals surface area contributed by atoms with Crippen LogP contribution >= 0.6 is 11.8 Å². The molecule has 1 N–H and O–H groups in total. The number of nitrogens with zero attached hydrogens (tertiary/aromatic N) is 3. The molecule has 6 nitrogen and oxygen atoms in total. The number of imidazole rings is 1. The van der Waals surface area contributed by atoms with Gasteiger partial charge in [-0.15, -0.1) is 0 Å². The van der Waals surface area contributed by atoms with Crippen molar-refractivity contribution in [2.24, 2.45) is 0 Å². The predicted molar refractivity (Wildman–Crippen MR) is 80.8 cm³/mol. The van der Waals surface area contributed by atoms with Crippen LogP contribution in [0.5, 0.6) is 5.88 Å². The lowest BCUT2D eigenvalue weighted by Crippen LogP contribution is -2.22. The van der Waals surface area contributed by atoms with Crippen molar-refractivity contribution in [3.63, 3.8) is 0 Å². The Labute approximate surface area is 129 Å². The van der Waals surface area contributed by atoms with E-state index >= 15 is 0 Å². The summed E-state index contributed by atoms with van der Waals surface area (Å²) in [5, 5.41) is 21.4. The lowest BCUT2D eigenvalue weighted by Gasteiger charge is -2.16. The van der Waals surface area contributed by atoms with Crippen LogP contribution in [0.1, 0.15) is 11.1 Å². The minimum absolute atomic E-state index is 0.00411. The number of aromatic hydroxyl groups is 1. The first-order valence-electron chi connectivity index (χ1n) is 6.70. The van der Waals surface area contributed by atoms with E-state index in [-0.39, 0.29) is 11.6 Å². The van der Waals surface area contributed by atoms with Crippen LogP contribution in [0.25, 0.3) is 11.3 Å². The van der Waals surface area contributed by atoms with Crippen molar-refractivity contribution in [3.8, 4) is 11.6 Å². The maximum atomic E-state index is 11.1. The third-order valence-corrected chi connectivity index (χ3v) is 5.10. The standard InChI is InChI=1S/C15H11N3O3S/c1-8-3-4-11-14(9(8)2)17-13(19)7-16-6-10(18(20)21)5-12(22-11)15(16)17/h3-7H,1-2H3/p+1. The summed E-state index contributed by atoms with van der Waals surface area (Å²) >= 11 is 1.49. The van der Waals surface area contributed by atoms with Gasteiger partial charge < -0.3 is 5.11 Å². The summed E-state index contributed by atoms with van der Waals surface area (Å²) in [6.07, 6.45) is 2.93. The molecule has 22 heavy (non-hydrogen) atoms. The lowest BCUT2D eigenvalue weighted by atomic mass is 10.1. The largest absolute Gasteiger partial charge is 0.475 e. The van der Waals surface area contributed by atoms with Crippen LogP contribution in [0.2, 0.25) is 0 Å². The van der Waals surface area contributed by atoms with Crippen LogP contribution in [0, 0.1) is 24.0 Å². The molecule has 0 bridgehead atoms. The van der Waals surface area contributed by atoms with Gasteiger partial charge in [0, 0.05) is 11.6 Å². The minimum Gasteiger partial charge on any atom is -0.475 e. The van der Waals surface area contributed by atoms with Crippen molar-refractivity contribution in [3.05, 3.63) is 51.8 Å². The summed E-state index contributed by atoms with van der Waals surface area (Å²) in [5.74, 6) is 0.0667. The van der Waals surface area contributed by atoms with Crippen molar-refractivity contribution in [1.29, 1.82) is 0 Å². The number of aryl methyl sites for hydroxylation is 1. The molecule has 1 aliphatic heterocycles. The normalized spacial score (nSPS) is 12.5. The Morgan fingerprint density at radius 2 is 2.05 bits per heavy atom. The quantitative estimate of drug-likeness (QED) is 0.333. The van der Waals surface area contributed by atoms with Gasteiger partial charge in [-0.3, -0.25) is 10.1 Å². The van der Waals surface area contributed by atoms with E-state index in [9.17, 15) is 15.2 Å². The summed E-state index contributed by atoms with van der Waals surface area (Å²) in [4.78, 5) is 12.4. The Morgan fingerprint density at radius 3 is 2.77 bits per heavy atom. The fourth-order valence-corrected chi connectivity index (χ4v) is 4.01. The number of hydrogen-bond acceptors (Lipinski definition) is 4. The zero-order chi connectivity index (χ0) is 15.6. The maximum absolute atomic E-state index is 11.1. The molecule has 110 valence electrons. The van der Waals surface area contributed by atoms with E-state index in [1.165, 1.54) is 24.2 Å². The number of benzene rings is 1. The molecule has 0 atom stereocenters. The van der Waals surface area contributed by atoms with Gasteiger partial charge in [-0.1, -0.05) is 17.8 Å². The Morgan fingerprint density at radius 1 is 1.27 bits per heavy atom. The van der Waals surface area contributed by atoms with Crippen LogP contribution in [0.4, 0.5) is 5.69 Å². The van der Waals surface area contributed by atoms with Crippen molar-refractivity contribution < 1.29 is 14.4 Å². The fourth-order valence-electron chi connectivity index (χ4n) is 2.83. The highest BCUT2D eigenvalue weighted by atomic mass is 32.2. The van der Waals surface area contributed by atoms with E-state index in [1.807, 2.05) is 26.0 Å². The Bertz CT molecular complexity index is 978. The van der Waals surface area contributed by atoms with Crippen LogP contribution in [-0.2, 0) is 0 Å². The number of aromatic nitrogens is 2. The molecule has 1 aliphatic rings. The molecule has 0 radical (unpaired) electrons. The topological polar surface area (TPSA) is 72.4 Å².